The number of ether oxygens (including phenoxy) is 1. The SMILES string of the molecule is CNC(=O)c1cc(C(=O)NC2CC2)cc2c1O[C@H](CF)[C@H]2c1ccccc1. The third-order valence-electron chi connectivity index (χ3n) is 5.05. The summed E-state index contributed by atoms with van der Waals surface area (Å²) in [6.07, 6.45) is 1.21. The van der Waals surface area contributed by atoms with Crippen molar-refractivity contribution in [3.8, 4) is 5.75 Å². The van der Waals surface area contributed by atoms with E-state index in [4.69, 9.17) is 4.74 Å². The molecule has 2 aromatic rings. The second-order valence-corrected chi connectivity index (χ2v) is 6.97. The molecule has 2 atom stereocenters. The summed E-state index contributed by atoms with van der Waals surface area (Å²) in [4.78, 5) is 25.0. The average Bonchev–Trinajstić information content (AvgIpc) is 3.43. The van der Waals surface area contributed by atoms with Crippen molar-refractivity contribution in [2.24, 2.45) is 0 Å². The van der Waals surface area contributed by atoms with E-state index in [1.165, 1.54) is 13.1 Å². The molecule has 0 unspecified atom stereocenters. The van der Waals surface area contributed by atoms with Gasteiger partial charge in [-0.3, -0.25) is 9.59 Å². The Labute approximate surface area is 156 Å². The van der Waals surface area contributed by atoms with Gasteiger partial charge in [0, 0.05) is 24.2 Å². The molecule has 2 aliphatic rings. The maximum Gasteiger partial charge on any atom is 0.254 e. The Hall–Kier alpha value is -2.89. The van der Waals surface area contributed by atoms with E-state index in [1.54, 1.807) is 6.07 Å². The zero-order valence-corrected chi connectivity index (χ0v) is 15.0. The molecule has 1 aliphatic heterocycles. The Kier molecular flexibility index (Phi) is 4.56. The van der Waals surface area contributed by atoms with Gasteiger partial charge in [-0.05, 0) is 30.5 Å². The summed E-state index contributed by atoms with van der Waals surface area (Å²) in [5.41, 5.74) is 2.21. The minimum Gasteiger partial charge on any atom is -0.486 e. The predicted octanol–water partition coefficient (Wildman–Crippen LogP) is 2.80. The normalized spacial score (nSPS) is 20.5. The molecule has 0 spiro atoms. The lowest BCUT2D eigenvalue weighted by Gasteiger charge is -2.16. The van der Waals surface area contributed by atoms with Gasteiger partial charge in [0.2, 0.25) is 0 Å². The lowest BCUT2D eigenvalue weighted by Crippen LogP contribution is -2.26. The summed E-state index contributed by atoms with van der Waals surface area (Å²) in [6, 6.07) is 12.9. The van der Waals surface area contributed by atoms with Crippen LogP contribution in [0, 0.1) is 0 Å². The van der Waals surface area contributed by atoms with Gasteiger partial charge in [0.25, 0.3) is 11.8 Å². The first kappa shape index (κ1) is 17.5. The Morgan fingerprint density at radius 1 is 1.15 bits per heavy atom. The smallest absolute Gasteiger partial charge is 0.254 e. The van der Waals surface area contributed by atoms with Crippen molar-refractivity contribution in [3.05, 3.63) is 64.7 Å². The molecule has 1 fully saturated rings. The van der Waals surface area contributed by atoms with Gasteiger partial charge in [0.05, 0.1) is 11.5 Å². The molecule has 4 rings (SSSR count). The molecule has 0 bridgehead atoms. The van der Waals surface area contributed by atoms with E-state index in [-0.39, 0.29) is 29.3 Å². The van der Waals surface area contributed by atoms with Crippen LogP contribution >= 0.6 is 0 Å². The quantitative estimate of drug-likeness (QED) is 0.853. The van der Waals surface area contributed by atoms with Crippen LogP contribution in [0.1, 0.15) is 50.6 Å². The molecule has 27 heavy (non-hydrogen) atoms. The van der Waals surface area contributed by atoms with Crippen molar-refractivity contribution in [3.63, 3.8) is 0 Å². The number of amides is 2. The molecule has 0 radical (unpaired) electrons. The van der Waals surface area contributed by atoms with Gasteiger partial charge >= 0.3 is 0 Å². The molecular weight excluding hydrogens is 347 g/mol. The maximum absolute atomic E-state index is 13.7. The summed E-state index contributed by atoms with van der Waals surface area (Å²) in [6.45, 7) is -0.689. The van der Waals surface area contributed by atoms with Gasteiger partial charge in [-0.1, -0.05) is 30.3 Å². The summed E-state index contributed by atoms with van der Waals surface area (Å²) in [5.74, 6) is -0.600. The number of halogens is 1. The zero-order chi connectivity index (χ0) is 19.0. The topological polar surface area (TPSA) is 67.4 Å². The first-order valence-corrected chi connectivity index (χ1v) is 9.10. The van der Waals surface area contributed by atoms with Crippen LogP contribution < -0.4 is 15.4 Å². The lowest BCUT2D eigenvalue weighted by molar-refractivity contribution is 0.0951. The van der Waals surface area contributed by atoms with E-state index >= 15 is 0 Å². The zero-order valence-electron chi connectivity index (χ0n) is 15.0. The molecule has 6 heteroatoms. The molecule has 1 heterocycles. The Bertz CT molecular complexity index is 880. The monoisotopic (exact) mass is 368 g/mol. The highest BCUT2D eigenvalue weighted by Gasteiger charge is 2.39. The number of benzene rings is 2. The molecule has 2 amide bonds. The molecule has 1 aliphatic carbocycles. The number of carbonyl (C=O) groups is 2. The van der Waals surface area contributed by atoms with Gasteiger partial charge in [-0.25, -0.2) is 4.39 Å². The van der Waals surface area contributed by atoms with E-state index in [0.29, 0.717) is 16.9 Å². The van der Waals surface area contributed by atoms with Crippen molar-refractivity contribution >= 4 is 11.8 Å². The Balaban J connectivity index is 1.83. The van der Waals surface area contributed by atoms with Crippen LogP contribution in [-0.2, 0) is 0 Å². The maximum atomic E-state index is 13.7. The van der Waals surface area contributed by atoms with Crippen LogP contribution in [0.3, 0.4) is 0 Å². The van der Waals surface area contributed by atoms with E-state index in [2.05, 4.69) is 10.6 Å². The van der Waals surface area contributed by atoms with Crippen molar-refractivity contribution in [2.75, 3.05) is 13.7 Å². The highest BCUT2D eigenvalue weighted by atomic mass is 19.1. The highest BCUT2D eigenvalue weighted by Crippen LogP contribution is 2.45. The van der Waals surface area contributed by atoms with Gasteiger partial charge in [0.1, 0.15) is 18.5 Å². The van der Waals surface area contributed by atoms with Crippen molar-refractivity contribution in [1.82, 2.24) is 10.6 Å². The second kappa shape index (κ2) is 7.02. The van der Waals surface area contributed by atoms with Crippen LogP contribution in [0.2, 0.25) is 0 Å². The minimum atomic E-state index is -0.729. The Morgan fingerprint density at radius 3 is 2.52 bits per heavy atom. The number of hydrogen-bond donors (Lipinski definition) is 2. The van der Waals surface area contributed by atoms with Gasteiger partial charge in [0.15, 0.2) is 0 Å². The van der Waals surface area contributed by atoms with Gasteiger partial charge in [-0.2, -0.15) is 0 Å². The molecule has 2 N–H and O–H groups in total. The number of hydrogen-bond acceptors (Lipinski definition) is 3. The van der Waals surface area contributed by atoms with Crippen molar-refractivity contribution in [1.29, 1.82) is 0 Å². The summed E-state index contributed by atoms with van der Waals surface area (Å²) in [7, 11) is 1.52. The van der Waals surface area contributed by atoms with Crippen molar-refractivity contribution in [2.45, 2.75) is 30.9 Å². The van der Waals surface area contributed by atoms with Crippen molar-refractivity contribution < 1.29 is 18.7 Å². The Morgan fingerprint density at radius 2 is 1.89 bits per heavy atom. The van der Waals surface area contributed by atoms with Gasteiger partial charge in [-0.15, -0.1) is 0 Å². The summed E-state index contributed by atoms with van der Waals surface area (Å²) < 4.78 is 19.6. The standard InChI is InChI=1S/C21H21FN2O3/c1-23-21(26)16-10-13(20(25)24-14-7-8-14)9-15-18(12-5-3-2-4-6-12)17(11-22)27-19(15)16/h2-6,9-10,14,17-18H,7-8,11H2,1H3,(H,23,26)(H,24,25)/t17-,18+/m1/s1. The molecule has 1 saturated carbocycles. The number of carbonyl (C=O) groups excluding carboxylic acids is 2. The first-order chi connectivity index (χ1) is 13.1. The third kappa shape index (κ3) is 3.27. The highest BCUT2D eigenvalue weighted by molar-refractivity contribution is 6.02. The minimum absolute atomic E-state index is 0.203. The molecule has 5 nitrogen and oxygen atoms in total. The first-order valence-electron chi connectivity index (χ1n) is 9.10. The molecule has 0 aromatic heterocycles. The lowest BCUT2D eigenvalue weighted by atomic mass is 9.86. The molecular formula is C21H21FN2O3. The van der Waals surface area contributed by atoms with Crippen LogP contribution in [0.4, 0.5) is 4.39 Å². The van der Waals surface area contributed by atoms with Crippen LogP contribution in [0.15, 0.2) is 42.5 Å². The second-order valence-electron chi connectivity index (χ2n) is 6.97. The number of fused-ring (bicyclic) bond motifs is 1. The van der Waals surface area contributed by atoms with Gasteiger partial charge < -0.3 is 15.4 Å². The fraction of sp³-hybridized carbons (Fsp3) is 0.333. The molecule has 2 aromatic carbocycles. The summed E-state index contributed by atoms with van der Waals surface area (Å²) >= 11 is 0. The fourth-order valence-electron chi connectivity index (χ4n) is 3.54. The van der Waals surface area contributed by atoms with Crippen LogP contribution in [-0.4, -0.2) is 37.7 Å². The van der Waals surface area contributed by atoms with Crippen LogP contribution in [0.5, 0.6) is 5.75 Å². The number of nitrogens with one attached hydrogen (secondary N) is 2. The average molecular weight is 368 g/mol. The predicted molar refractivity (Wildman–Crippen MR) is 99.0 cm³/mol. The van der Waals surface area contributed by atoms with Crippen LogP contribution in [0.25, 0.3) is 0 Å². The van der Waals surface area contributed by atoms with E-state index in [0.717, 1.165) is 18.4 Å². The largest absolute Gasteiger partial charge is 0.486 e. The van der Waals surface area contributed by atoms with E-state index in [1.807, 2.05) is 30.3 Å². The fourth-order valence-corrected chi connectivity index (χ4v) is 3.54. The molecule has 0 saturated heterocycles. The number of alkyl halides is 1. The third-order valence-corrected chi connectivity index (χ3v) is 5.05. The summed E-state index contributed by atoms with van der Waals surface area (Å²) in [5, 5.41) is 5.51. The molecule has 140 valence electrons. The van der Waals surface area contributed by atoms with E-state index in [9.17, 15) is 14.0 Å². The number of rotatable bonds is 5. The van der Waals surface area contributed by atoms with E-state index < -0.39 is 12.8 Å².